The smallest absolute Gasteiger partial charge is 0.303 e. The second-order valence-electron chi connectivity index (χ2n) is 8.34. The maximum Gasteiger partial charge on any atom is 0.303 e. The van der Waals surface area contributed by atoms with Crippen LogP contribution in [0.5, 0.6) is 0 Å². The summed E-state index contributed by atoms with van der Waals surface area (Å²) in [6, 6.07) is 21.3. The van der Waals surface area contributed by atoms with E-state index in [1.54, 1.807) is 0 Å². The molecule has 33 heavy (non-hydrogen) atoms. The number of carbonyl (C=O) groups is 1. The van der Waals surface area contributed by atoms with Crippen molar-refractivity contribution in [3.05, 3.63) is 95.1 Å². The molecular formula is C29H28ClNO2. The second kappa shape index (κ2) is 10.1. The van der Waals surface area contributed by atoms with Crippen molar-refractivity contribution >= 4 is 39.2 Å². The highest BCUT2D eigenvalue weighted by Gasteiger charge is 2.13. The zero-order valence-corrected chi connectivity index (χ0v) is 19.8. The van der Waals surface area contributed by atoms with Crippen LogP contribution in [0.2, 0.25) is 5.02 Å². The lowest BCUT2D eigenvalue weighted by Gasteiger charge is -2.11. The fourth-order valence-electron chi connectivity index (χ4n) is 4.33. The summed E-state index contributed by atoms with van der Waals surface area (Å²) >= 11 is 6.30. The van der Waals surface area contributed by atoms with Gasteiger partial charge in [0.05, 0.1) is 0 Å². The Bertz CT molecular complexity index is 1380. The van der Waals surface area contributed by atoms with Crippen LogP contribution in [0.25, 0.3) is 32.9 Å². The van der Waals surface area contributed by atoms with Gasteiger partial charge in [-0.05, 0) is 72.9 Å². The Morgan fingerprint density at radius 3 is 2.61 bits per heavy atom. The summed E-state index contributed by atoms with van der Waals surface area (Å²) in [5.74, 6) is -0.747. The van der Waals surface area contributed by atoms with Crippen LogP contribution in [-0.4, -0.2) is 15.6 Å². The molecule has 0 unspecified atom stereocenters. The van der Waals surface area contributed by atoms with Crippen LogP contribution in [-0.2, 0) is 11.3 Å². The minimum absolute atomic E-state index is 0.195. The number of nitrogens with zero attached hydrogens (tertiary/aromatic N) is 1. The van der Waals surface area contributed by atoms with Gasteiger partial charge in [0, 0.05) is 34.6 Å². The third kappa shape index (κ3) is 5.04. The van der Waals surface area contributed by atoms with Crippen LogP contribution >= 0.6 is 11.6 Å². The molecule has 0 saturated heterocycles. The van der Waals surface area contributed by atoms with E-state index in [9.17, 15) is 4.79 Å². The van der Waals surface area contributed by atoms with Crippen LogP contribution in [0.15, 0.2) is 84.5 Å². The molecule has 0 atom stereocenters. The number of benzene rings is 3. The first kappa shape index (κ1) is 22.9. The van der Waals surface area contributed by atoms with Crippen molar-refractivity contribution < 1.29 is 9.90 Å². The lowest BCUT2D eigenvalue weighted by atomic mass is 10.1. The van der Waals surface area contributed by atoms with E-state index in [-0.39, 0.29) is 6.42 Å². The summed E-state index contributed by atoms with van der Waals surface area (Å²) in [6.07, 6.45) is 7.94. The largest absolute Gasteiger partial charge is 0.481 e. The molecule has 1 aromatic heterocycles. The topological polar surface area (TPSA) is 42.2 Å². The summed E-state index contributed by atoms with van der Waals surface area (Å²) in [5, 5.41) is 13.4. The quantitative estimate of drug-likeness (QED) is 0.271. The molecule has 0 spiro atoms. The minimum atomic E-state index is -0.747. The van der Waals surface area contributed by atoms with Crippen molar-refractivity contribution in [1.82, 2.24) is 4.57 Å². The van der Waals surface area contributed by atoms with E-state index in [0.29, 0.717) is 6.42 Å². The predicted molar refractivity (Wildman–Crippen MR) is 139 cm³/mol. The van der Waals surface area contributed by atoms with Gasteiger partial charge >= 0.3 is 5.97 Å². The maximum absolute atomic E-state index is 10.8. The Labute approximate surface area is 199 Å². The zero-order chi connectivity index (χ0) is 23.4. The van der Waals surface area contributed by atoms with E-state index in [0.717, 1.165) is 40.4 Å². The van der Waals surface area contributed by atoms with Gasteiger partial charge in [-0.2, -0.15) is 0 Å². The number of halogens is 1. The molecule has 0 aliphatic carbocycles. The molecule has 0 amide bonds. The lowest BCUT2D eigenvalue weighted by Crippen LogP contribution is -1.98. The average Bonchev–Trinajstić information content (AvgIpc) is 3.18. The number of hydrogen-bond acceptors (Lipinski definition) is 1. The van der Waals surface area contributed by atoms with Crippen molar-refractivity contribution in [3.63, 3.8) is 0 Å². The third-order valence-corrected chi connectivity index (χ3v) is 6.53. The van der Waals surface area contributed by atoms with Gasteiger partial charge in [-0.25, -0.2) is 0 Å². The molecule has 4 rings (SSSR count). The Kier molecular flexibility index (Phi) is 7.00. The molecule has 4 aromatic rings. The summed E-state index contributed by atoms with van der Waals surface area (Å²) in [5.41, 5.74) is 5.69. The molecular weight excluding hydrogens is 430 g/mol. The van der Waals surface area contributed by atoms with Crippen molar-refractivity contribution in [2.24, 2.45) is 0 Å². The SMILES string of the molecule is C/C=C(\C=C/Cn1c(-c2ccc(Cl)c(C)c2)cc2c3ccccc3ccc21)CCCC(=O)O. The number of aromatic nitrogens is 1. The molecule has 168 valence electrons. The minimum Gasteiger partial charge on any atom is -0.481 e. The van der Waals surface area contributed by atoms with Crippen LogP contribution in [0, 0.1) is 6.92 Å². The highest BCUT2D eigenvalue weighted by molar-refractivity contribution is 6.31. The molecule has 0 radical (unpaired) electrons. The van der Waals surface area contributed by atoms with Crippen molar-refractivity contribution in [1.29, 1.82) is 0 Å². The Hall–Kier alpha value is -3.30. The first-order valence-electron chi connectivity index (χ1n) is 11.3. The monoisotopic (exact) mass is 457 g/mol. The van der Waals surface area contributed by atoms with Gasteiger partial charge in [0.25, 0.3) is 0 Å². The number of carboxylic acids is 1. The van der Waals surface area contributed by atoms with Gasteiger partial charge < -0.3 is 9.67 Å². The second-order valence-corrected chi connectivity index (χ2v) is 8.74. The van der Waals surface area contributed by atoms with Crippen LogP contribution in [0.3, 0.4) is 0 Å². The predicted octanol–water partition coefficient (Wildman–Crippen LogP) is 8.18. The van der Waals surface area contributed by atoms with Gasteiger partial charge in [0.15, 0.2) is 0 Å². The summed E-state index contributed by atoms with van der Waals surface area (Å²) in [4.78, 5) is 10.8. The van der Waals surface area contributed by atoms with Crippen LogP contribution in [0.4, 0.5) is 0 Å². The van der Waals surface area contributed by atoms with Gasteiger partial charge in [0.1, 0.15) is 0 Å². The van der Waals surface area contributed by atoms with Crippen LogP contribution in [0.1, 0.15) is 31.7 Å². The molecule has 0 aliphatic heterocycles. The number of aliphatic carboxylic acids is 1. The van der Waals surface area contributed by atoms with Crippen LogP contribution < -0.4 is 0 Å². The van der Waals surface area contributed by atoms with Gasteiger partial charge in [-0.3, -0.25) is 4.79 Å². The number of aryl methyl sites for hydroxylation is 1. The molecule has 0 aliphatic rings. The molecule has 3 aromatic carbocycles. The van der Waals surface area contributed by atoms with Crippen molar-refractivity contribution in [3.8, 4) is 11.3 Å². The summed E-state index contributed by atoms with van der Waals surface area (Å²) in [7, 11) is 0. The fourth-order valence-corrected chi connectivity index (χ4v) is 4.45. The molecule has 3 nitrogen and oxygen atoms in total. The average molecular weight is 458 g/mol. The Morgan fingerprint density at radius 1 is 1.03 bits per heavy atom. The van der Waals surface area contributed by atoms with E-state index < -0.39 is 5.97 Å². The number of allylic oxidation sites excluding steroid dienone is 4. The molecule has 4 heteroatoms. The molecule has 1 heterocycles. The Balaban J connectivity index is 1.74. The van der Waals surface area contributed by atoms with E-state index >= 15 is 0 Å². The first-order valence-corrected chi connectivity index (χ1v) is 11.7. The number of carboxylic acid groups (broad SMARTS) is 1. The van der Waals surface area contributed by atoms with E-state index in [1.165, 1.54) is 21.7 Å². The van der Waals surface area contributed by atoms with Gasteiger partial charge in [0.2, 0.25) is 0 Å². The highest BCUT2D eigenvalue weighted by Crippen LogP contribution is 2.34. The third-order valence-electron chi connectivity index (χ3n) is 6.11. The van der Waals surface area contributed by atoms with Gasteiger partial charge in [-0.15, -0.1) is 0 Å². The van der Waals surface area contributed by atoms with E-state index in [2.05, 4.69) is 77.4 Å². The van der Waals surface area contributed by atoms with Crippen molar-refractivity contribution in [2.75, 3.05) is 0 Å². The maximum atomic E-state index is 10.8. The fraction of sp³-hybridized carbons (Fsp3) is 0.207. The first-order chi connectivity index (χ1) is 16.0. The zero-order valence-electron chi connectivity index (χ0n) is 19.0. The number of fused-ring (bicyclic) bond motifs is 3. The summed E-state index contributed by atoms with van der Waals surface area (Å²) < 4.78 is 2.34. The highest BCUT2D eigenvalue weighted by atomic mass is 35.5. The van der Waals surface area contributed by atoms with E-state index in [4.69, 9.17) is 16.7 Å². The molecule has 0 saturated carbocycles. The van der Waals surface area contributed by atoms with Crippen molar-refractivity contribution in [2.45, 2.75) is 39.7 Å². The normalized spacial score (nSPS) is 12.3. The van der Waals surface area contributed by atoms with Gasteiger partial charge in [-0.1, -0.05) is 71.8 Å². The molecule has 1 N–H and O–H groups in total. The molecule has 0 fully saturated rings. The standard InChI is InChI=1S/C29H28ClNO2/c1-3-21(8-6-12-29(32)33)9-7-17-31-27-16-14-22-10-4-5-11-24(22)25(27)19-28(31)23-13-15-26(30)20(2)18-23/h3-5,7,9-11,13-16,18-19H,6,8,12,17H2,1-2H3,(H,32,33)/b9-7-,21-3-. The Morgan fingerprint density at radius 2 is 1.85 bits per heavy atom. The summed E-state index contributed by atoms with van der Waals surface area (Å²) in [6.45, 7) is 4.75. The van der Waals surface area contributed by atoms with E-state index in [1.807, 2.05) is 19.9 Å². The number of hydrogen-bond donors (Lipinski definition) is 1. The number of rotatable bonds is 8. The lowest BCUT2D eigenvalue weighted by molar-refractivity contribution is -0.137. The molecule has 0 bridgehead atoms.